The van der Waals surface area contributed by atoms with Crippen LogP contribution in [0.2, 0.25) is 0 Å². The predicted molar refractivity (Wildman–Crippen MR) is 404 cm³/mol. The third-order valence-corrected chi connectivity index (χ3v) is 23.3. The second kappa shape index (κ2) is 27.7. The first-order valence-electron chi connectivity index (χ1n) is 36.9. The van der Waals surface area contributed by atoms with Crippen LogP contribution in [0.15, 0.2) is 171 Å². The van der Waals surface area contributed by atoms with Crippen molar-refractivity contribution in [3.63, 3.8) is 0 Å². The molecule has 530 valence electrons. The van der Waals surface area contributed by atoms with Gasteiger partial charge in [-0.2, -0.15) is 10.5 Å². The Labute approximate surface area is 610 Å². The number of rotatable bonds is 11. The van der Waals surface area contributed by atoms with Gasteiger partial charge in [-0.25, -0.2) is 13.8 Å². The Hall–Kier alpha value is -11.3. The second-order valence-electron chi connectivity index (χ2n) is 29.8. The fraction of sp³-hybridized carbons (Fsp3) is 0.337. The number of aromatic nitrogens is 13. The maximum atomic E-state index is 14.5. The van der Waals surface area contributed by atoms with Crippen molar-refractivity contribution in [2.45, 2.75) is 103 Å². The van der Waals surface area contributed by atoms with Gasteiger partial charge >= 0.3 is 0 Å². The summed E-state index contributed by atoms with van der Waals surface area (Å²) < 4.78 is 40.7. The summed E-state index contributed by atoms with van der Waals surface area (Å²) in [6.45, 7) is 15.5. The summed E-state index contributed by atoms with van der Waals surface area (Å²) in [6.07, 6.45) is 20.4. The van der Waals surface area contributed by atoms with Gasteiger partial charge < -0.3 is 38.2 Å². The topological polar surface area (TPSA) is 184 Å². The second-order valence-corrected chi connectivity index (χ2v) is 29.8. The lowest BCUT2D eigenvalue weighted by Crippen LogP contribution is -2.46. The first-order chi connectivity index (χ1) is 51.2. The van der Waals surface area contributed by atoms with E-state index in [0.717, 1.165) is 143 Å². The van der Waals surface area contributed by atoms with Crippen LogP contribution >= 0.6 is 0 Å². The molecule has 105 heavy (non-hydrogen) atoms. The van der Waals surface area contributed by atoms with E-state index in [9.17, 15) is 8.78 Å². The Morgan fingerprint density at radius 2 is 1.10 bits per heavy atom. The van der Waals surface area contributed by atoms with Crippen molar-refractivity contribution in [1.29, 1.82) is 10.5 Å². The van der Waals surface area contributed by atoms with Gasteiger partial charge in [-0.05, 0) is 210 Å². The Bertz CT molecular complexity index is 5300. The van der Waals surface area contributed by atoms with Crippen LogP contribution in [0.1, 0.15) is 93.7 Å². The molecular weight excluding hydrogens is 1320 g/mol. The molecule has 0 radical (unpaired) electrons. The van der Waals surface area contributed by atoms with Crippen molar-refractivity contribution in [3.05, 3.63) is 211 Å². The van der Waals surface area contributed by atoms with Gasteiger partial charge in [-0.15, -0.1) is 30.6 Å². The monoisotopic (exact) mass is 1400 g/mol. The predicted octanol–water partition coefficient (Wildman–Crippen LogP) is 14.4. The number of benzene rings is 5. The highest BCUT2D eigenvalue weighted by atomic mass is 19.1. The molecular formula is C83H84F2N20. The first-order valence-corrected chi connectivity index (χ1v) is 36.9. The number of halogens is 2. The zero-order valence-corrected chi connectivity index (χ0v) is 60.1. The van der Waals surface area contributed by atoms with Gasteiger partial charge in [-0.3, -0.25) is 13.7 Å². The number of hydrogen-bond donors (Lipinski definition) is 0. The van der Waals surface area contributed by atoms with Crippen molar-refractivity contribution in [1.82, 2.24) is 72.8 Å². The number of anilines is 3. The Balaban J connectivity index is 0.000000116. The first kappa shape index (κ1) is 66.9. The molecule has 19 rings (SSSR count). The highest BCUT2D eigenvalue weighted by Crippen LogP contribution is 2.43. The molecule has 0 spiro atoms. The molecule has 0 unspecified atom stereocenters. The minimum Gasteiger partial charge on any atom is -0.371 e. The van der Waals surface area contributed by atoms with E-state index in [0.29, 0.717) is 71.1 Å². The van der Waals surface area contributed by atoms with Crippen molar-refractivity contribution in [3.8, 4) is 97.1 Å². The lowest BCUT2D eigenvalue weighted by Gasteiger charge is -2.40. The molecule has 1 saturated carbocycles. The fourth-order valence-corrected chi connectivity index (χ4v) is 17.3. The van der Waals surface area contributed by atoms with Crippen molar-refractivity contribution < 1.29 is 8.78 Å². The molecule has 20 nitrogen and oxygen atoms in total. The van der Waals surface area contributed by atoms with Crippen LogP contribution < -0.4 is 14.7 Å². The van der Waals surface area contributed by atoms with Gasteiger partial charge in [0.2, 0.25) is 0 Å². The van der Waals surface area contributed by atoms with E-state index < -0.39 is 11.6 Å². The van der Waals surface area contributed by atoms with Gasteiger partial charge in [0.1, 0.15) is 36.4 Å². The van der Waals surface area contributed by atoms with E-state index in [1.807, 2.05) is 71.7 Å². The average molecular weight is 1400 g/mol. The van der Waals surface area contributed by atoms with Crippen LogP contribution in [0.5, 0.6) is 0 Å². The summed E-state index contributed by atoms with van der Waals surface area (Å²) in [4.78, 5) is 17.6. The molecule has 12 aromatic rings. The van der Waals surface area contributed by atoms with Crippen molar-refractivity contribution >= 4 is 17.2 Å². The molecule has 5 aromatic carbocycles. The molecule has 7 aromatic heterocycles. The van der Waals surface area contributed by atoms with Crippen LogP contribution in [0, 0.1) is 52.1 Å². The standard InChI is InChI=1S/C30H33N7.C27H28F2N6.C26H23N7/c1-4-21(2)34(3)26-11-13-35(14-12-26)27-9-10-28-25(15-27)19-36-18-24(23-7-5-22(17-31)6-8-23)16-29(36)30-33-32-20-37(28)30;1-17-11-33(15-20(17)12-32(2)3)22-5-7-25-19(8-22)14-34-13-18(23-6-4-21(28)10-24(23)29)9-26(34)27-31-30-16-35(25)27;27-13-17-4-6-18(7-5-17)20-12-24-26-30-28-16-33(26)23-8-9-25(29-21(23)15-31(24)14-20)32-11-10-19-2-1-3-22(19)32/h5-10,15-16,18,20-21,26H,4,11-14,19H2,1-3H3;4-10,13,16-17,20H,11-12,14-15H2,1-3H3;4-9,12,14,16,19,22H,1-3,10-11,15H2/t21-;17-,20+;19-,22+/m001/s1. The molecule has 13 heterocycles. The minimum absolute atomic E-state index is 0.366. The van der Waals surface area contributed by atoms with Crippen LogP contribution in [0.3, 0.4) is 0 Å². The lowest BCUT2D eigenvalue weighted by molar-refractivity contribution is 0.155. The molecule has 22 heteroatoms. The van der Waals surface area contributed by atoms with Crippen molar-refractivity contribution in [2.75, 3.05) is 75.1 Å². The summed E-state index contributed by atoms with van der Waals surface area (Å²) in [7, 11) is 6.55. The van der Waals surface area contributed by atoms with Gasteiger partial charge in [0.05, 0.1) is 69.6 Å². The quantitative estimate of drug-likeness (QED) is 0.119. The fourth-order valence-electron chi connectivity index (χ4n) is 17.3. The smallest absolute Gasteiger partial charge is 0.185 e. The van der Waals surface area contributed by atoms with Crippen LogP contribution in [-0.2, 0) is 19.6 Å². The van der Waals surface area contributed by atoms with E-state index in [4.69, 9.17) is 15.5 Å². The molecule has 7 aliphatic rings. The molecule has 1 aliphatic carbocycles. The zero-order valence-electron chi connectivity index (χ0n) is 60.1. The number of fused-ring (bicyclic) bond motifs is 16. The SMILES string of the molecule is CC[C@H](C)N(C)C1CCN(c2ccc3c(c2)Cn2cc(-c4ccc(C#N)cc4)cc2-c2nncn2-3)CC1.C[C@H]1CN(c2ccc3c(c2)Cn2cc(-c4ccc(F)cc4F)cc2-c2nncn2-3)C[C@H]1CN(C)C.N#Cc1ccc(-c2cc3n(c2)Cc2nc(N4CC[C@H]5CCC[C@@H]54)ccc2-n2cnnc2-3)cc1. The number of piperidine rings is 1. The highest BCUT2D eigenvalue weighted by Gasteiger charge is 2.39. The van der Waals surface area contributed by atoms with Crippen LogP contribution in [0.25, 0.3) is 85.0 Å². The maximum absolute atomic E-state index is 14.5. The zero-order chi connectivity index (χ0) is 71.7. The lowest BCUT2D eigenvalue weighted by atomic mass is 9.98. The largest absolute Gasteiger partial charge is 0.371 e. The summed E-state index contributed by atoms with van der Waals surface area (Å²) in [6, 6.07) is 49.5. The minimum atomic E-state index is -0.586. The summed E-state index contributed by atoms with van der Waals surface area (Å²) in [5.41, 5.74) is 18.8. The molecule has 0 bridgehead atoms. The molecule has 0 amide bonds. The normalized spacial score (nSPS) is 18.4. The Morgan fingerprint density at radius 3 is 1.66 bits per heavy atom. The average Bonchev–Trinajstić information content (AvgIpc) is 1.62. The van der Waals surface area contributed by atoms with Gasteiger partial charge in [0, 0.05) is 129 Å². The van der Waals surface area contributed by atoms with Crippen molar-refractivity contribution in [2.24, 2.45) is 17.8 Å². The summed E-state index contributed by atoms with van der Waals surface area (Å²) in [5, 5.41) is 44.2. The third-order valence-electron chi connectivity index (χ3n) is 23.3. The van der Waals surface area contributed by atoms with E-state index in [1.54, 1.807) is 12.7 Å². The Kier molecular flexibility index (Phi) is 17.6. The number of nitrogens with zero attached hydrogens (tertiary/aromatic N) is 20. The summed E-state index contributed by atoms with van der Waals surface area (Å²) in [5.74, 6) is 4.40. The van der Waals surface area contributed by atoms with E-state index in [1.165, 1.54) is 74.0 Å². The summed E-state index contributed by atoms with van der Waals surface area (Å²) >= 11 is 0. The molecule has 0 N–H and O–H groups in total. The molecule has 3 saturated heterocycles. The van der Waals surface area contributed by atoms with Crippen LogP contribution in [0.4, 0.5) is 26.0 Å². The molecule has 6 aliphatic heterocycles. The van der Waals surface area contributed by atoms with Gasteiger partial charge in [0.25, 0.3) is 0 Å². The molecule has 4 fully saturated rings. The van der Waals surface area contributed by atoms with E-state index in [2.05, 4.69) is 205 Å². The van der Waals surface area contributed by atoms with E-state index >= 15 is 0 Å². The number of hydrogen-bond acceptors (Lipinski definition) is 14. The van der Waals surface area contributed by atoms with Gasteiger partial charge in [0.15, 0.2) is 17.5 Å². The third kappa shape index (κ3) is 12.6. The Morgan fingerprint density at radius 1 is 0.552 bits per heavy atom. The maximum Gasteiger partial charge on any atom is 0.185 e. The van der Waals surface area contributed by atoms with Crippen LogP contribution in [-0.4, -0.2) is 151 Å². The number of nitriles is 2. The molecule has 5 atom stereocenters. The van der Waals surface area contributed by atoms with E-state index in [-0.39, 0.29) is 0 Å². The van der Waals surface area contributed by atoms with Gasteiger partial charge in [-0.1, -0.05) is 44.5 Å². The number of pyridine rings is 1. The highest BCUT2D eigenvalue weighted by molar-refractivity contribution is 5.76.